The third-order valence-corrected chi connectivity index (χ3v) is 3.33. The fourth-order valence-electron chi connectivity index (χ4n) is 2.19. The van der Waals surface area contributed by atoms with Crippen LogP contribution in [0, 0.1) is 0 Å². The first kappa shape index (κ1) is 11.9. The zero-order chi connectivity index (χ0) is 13.2. The van der Waals surface area contributed by atoms with Gasteiger partial charge >= 0.3 is 0 Å². The summed E-state index contributed by atoms with van der Waals surface area (Å²) in [6.07, 6.45) is 5.96. The number of benzene rings is 1. The van der Waals surface area contributed by atoms with Gasteiger partial charge in [-0.2, -0.15) is 0 Å². The predicted molar refractivity (Wildman–Crippen MR) is 82.5 cm³/mol. The second kappa shape index (κ2) is 4.84. The van der Waals surface area contributed by atoms with E-state index < -0.39 is 0 Å². The third kappa shape index (κ3) is 2.36. The molecule has 0 bridgehead atoms. The molecule has 0 aromatic heterocycles. The molecule has 1 aliphatic carbocycles. The number of fused-ring (bicyclic) bond motifs is 1. The number of nitrogens with zero attached hydrogens (tertiary/aromatic N) is 1. The van der Waals surface area contributed by atoms with Crippen LogP contribution in [0.3, 0.4) is 0 Å². The smallest absolute Gasteiger partial charge is 0.234 e. The van der Waals surface area contributed by atoms with Crippen LogP contribution in [0.2, 0.25) is 0 Å². The molecule has 1 aromatic rings. The number of amides is 1. The zero-order valence-corrected chi connectivity index (χ0v) is 11.0. The molecule has 0 atom stereocenters. The lowest BCUT2D eigenvalue weighted by Crippen LogP contribution is -2.32. The molecule has 0 saturated heterocycles. The Balaban J connectivity index is 0.00000147. The lowest BCUT2D eigenvalue weighted by molar-refractivity contribution is -0.117. The number of hydrogen-bond acceptors (Lipinski definition) is 2. The first-order chi connectivity index (χ1) is 9.24. The summed E-state index contributed by atoms with van der Waals surface area (Å²) in [5, 5.41) is 3.12. The van der Waals surface area contributed by atoms with E-state index in [-0.39, 0.29) is 13.8 Å². The first-order valence-electron chi connectivity index (χ1n) is 6.05. The summed E-state index contributed by atoms with van der Waals surface area (Å²) in [5.41, 5.74) is 5.82. The monoisotopic (exact) mass is 270 g/mol. The van der Waals surface area contributed by atoms with Crippen LogP contribution in [-0.2, 0) is 4.79 Å². The van der Waals surface area contributed by atoms with Crippen LogP contribution in [0.15, 0.2) is 53.8 Å². The molecule has 2 aliphatic rings. The molecule has 0 unspecified atom stereocenters. The quantitative estimate of drug-likeness (QED) is 0.662. The number of rotatable bonds is 2. The molecule has 96 valence electrons. The number of nitrogens with one attached hydrogen (secondary N) is 1. The summed E-state index contributed by atoms with van der Waals surface area (Å²) in [5.74, 6) is 0.0173. The SMILES string of the molecule is O=C1CC(=S)Nc2ccccc2N1CC1=CC=C=C1.[HH]. The molecule has 3 rings (SSSR count). The molecule has 1 heterocycles. The maximum Gasteiger partial charge on any atom is 0.234 e. The molecule has 0 saturated carbocycles. The summed E-state index contributed by atoms with van der Waals surface area (Å²) in [7, 11) is 0. The van der Waals surface area contributed by atoms with Crippen molar-refractivity contribution in [2.45, 2.75) is 6.42 Å². The van der Waals surface area contributed by atoms with E-state index in [9.17, 15) is 4.79 Å². The van der Waals surface area contributed by atoms with Crippen LogP contribution in [-0.4, -0.2) is 17.4 Å². The fourth-order valence-corrected chi connectivity index (χ4v) is 2.42. The molecule has 1 aromatic carbocycles. The van der Waals surface area contributed by atoms with Crippen molar-refractivity contribution in [3.05, 3.63) is 53.8 Å². The number of para-hydroxylation sites is 2. The summed E-state index contributed by atoms with van der Waals surface area (Å²) < 4.78 is 0. The van der Waals surface area contributed by atoms with Crippen molar-refractivity contribution < 1.29 is 6.22 Å². The van der Waals surface area contributed by atoms with E-state index in [0.717, 1.165) is 16.9 Å². The molecule has 1 amide bonds. The summed E-state index contributed by atoms with van der Waals surface area (Å²) in [6, 6.07) is 7.72. The highest BCUT2D eigenvalue weighted by atomic mass is 32.1. The van der Waals surface area contributed by atoms with Crippen LogP contribution in [0.1, 0.15) is 7.85 Å². The van der Waals surface area contributed by atoms with E-state index in [0.29, 0.717) is 11.5 Å². The average molecular weight is 270 g/mol. The van der Waals surface area contributed by atoms with Crippen LogP contribution in [0.5, 0.6) is 0 Å². The Labute approximate surface area is 118 Å². The molecular formula is C15H14N2OS. The van der Waals surface area contributed by atoms with Crippen LogP contribution in [0.25, 0.3) is 0 Å². The van der Waals surface area contributed by atoms with Gasteiger partial charge < -0.3 is 10.2 Å². The normalized spacial score (nSPS) is 17.1. The summed E-state index contributed by atoms with van der Waals surface area (Å²) >= 11 is 5.18. The third-order valence-electron chi connectivity index (χ3n) is 3.08. The van der Waals surface area contributed by atoms with Crippen molar-refractivity contribution in [3.8, 4) is 0 Å². The molecule has 1 N–H and O–H groups in total. The van der Waals surface area contributed by atoms with E-state index in [2.05, 4.69) is 11.0 Å². The average Bonchev–Trinajstić information content (AvgIpc) is 2.85. The Hall–Kier alpha value is -2.16. The Morgan fingerprint density at radius 2 is 2.26 bits per heavy atom. The van der Waals surface area contributed by atoms with Gasteiger partial charge in [-0.25, -0.2) is 0 Å². The minimum Gasteiger partial charge on any atom is -0.348 e. The lowest BCUT2D eigenvalue weighted by atomic mass is 10.2. The van der Waals surface area contributed by atoms with Crippen molar-refractivity contribution >= 4 is 34.5 Å². The van der Waals surface area contributed by atoms with Gasteiger partial charge in [-0.05, 0) is 35.9 Å². The van der Waals surface area contributed by atoms with Gasteiger partial charge in [0, 0.05) is 1.43 Å². The van der Waals surface area contributed by atoms with Gasteiger partial charge in [0.1, 0.15) is 0 Å². The van der Waals surface area contributed by atoms with Gasteiger partial charge in [-0.3, -0.25) is 4.79 Å². The second-order valence-corrected chi connectivity index (χ2v) is 4.93. The van der Waals surface area contributed by atoms with Crippen molar-refractivity contribution in [1.82, 2.24) is 0 Å². The number of hydrogen-bond donors (Lipinski definition) is 1. The Morgan fingerprint density at radius 1 is 1.42 bits per heavy atom. The van der Waals surface area contributed by atoms with Gasteiger partial charge in [0.2, 0.25) is 5.91 Å². The molecule has 19 heavy (non-hydrogen) atoms. The van der Waals surface area contributed by atoms with Gasteiger partial charge in [0.15, 0.2) is 0 Å². The maximum atomic E-state index is 12.3. The van der Waals surface area contributed by atoms with Gasteiger partial charge in [-0.15, -0.1) is 5.73 Å². The maximum absolute atomic E-state index is 12.3. The van der Waals surface area contributed by atoms with Crippen molar-refractivity contribution in [3.63, 3.8) is 0 Å². The molecule has 3 nitrogen and oxygen atoms in total. The molecule has 4 heteroatoms. The molecule has 0 radical (unpaired) electrons. The predicted octanol–water partition coefficient (Wildman–Crippen LogP) is 3.06. The van der Waals surface area contributed by atoms with E-state index in [1.807, 2.05) is 42.5 Å². The molecule has 0 spiro atoms. The lowest BCUT2D eigenvalue weighted by Gasteiger charge is -2.22. The highest BCUT2D eigenvalue weighted by Crippen LogP contribution is 2.30. The number of anilines is 2. The standard InChI is InChI=1S/C15H12N2OS.H2/c18-15-9-14(19)16-12-7-3-4-8-13(12)17(15)10-11-5-1-2-6-11;/h1,3-8H,9-10H2,(H,16,19);1H. The molecular weight excluding hydrogens is 256 g/mol. The molecule has 0 fully saturated rings. The minimum atomic E-state index is 0. The molecule has 1 aliphatic heterocycles. The van der Waals surface area contributed by atoms with E-state index in [4.69, 9.17) is 12.2 Å². The fraction of sp³-hybridized carbons (Fsp3) is 0.133. The number of carbonyl (C=O) groups excluding carboxylic acids is 1. The topological polar surface area (TPSA) is 32.3 Å². The van der Waals surface area contributed by atoms with Crippen molar-refractivity contribution in [1.29, 1.82) is 0 Å². The zero-order valence-electron chi connectivity index (χ0n) is 10.2. The Kier molecular flexibility index (Phi) is 3.03. The van der Waals surface area contributed by atoms with Crippen LogP contribution >= 0.6 is 12.2 Å². The van der Waals surface area contributed by atoms with Gasteiger partial charge in [-0.1, -0.05) is 24.4 Å². The highest BCUT2D eigenvalue weighted by Gasteiger charge is 2.24. The Bertz CT molecular complexity index is 660. The number of carbonyl (C=O) groups is 1. The summed E-state index contributed by atoms with van der Waals surface area (Å²) in [6.45, 7) is 0.545. The second-order valence-electron chi connectivity index (χ2n) is 4.44. The van der Waals surface area contributed by atoms with Gasteiger partial charge in [0.25, 0.3) is 0 Å². The van der Waals surface area contributed by atoms with Gasteiger partial charge in [0.05, 0.1) is 29.3 Å². The largest absolute Gasteiger partial charge is 0.348 e. The minimum absolute atomic E-state index is 0. The van der Waals surface area contributed by atoms with Crippen molar-refractivity contribution in [2.24, 2.45) is 0 Å². The number of thiocarbonyl (C=S) groups is 1. The number of allylic oxidation sites excluding steroid dienone is 1. The van der Waals surface area contributed by atoms with Crippen LogP contribution in [0.4, 0.5) is 11.4 Å². The van der Waals surface area contributed by atoms with Crippen LogP contribution < -0.4 is 10.2 Å². The summed E-state index contributed by atoms with van der Waals surface area (Å²) in [4.78, 5) is 14.6. The Morgan fingerprint density at radius 3 is 3.05 bits per heavy atom. The van der Waals surface area contributed by atoms with E-state index >= 15 is 0 Å². The van der Waals surface area contributed by atoms with E-state index in [1.54, 1.807) is 4.90 Å². The first-order valence-corrected chi connectivity index (χ1v) is 6.46. The van der Waals surface area contributed by atoms with E-state index in [1.165, 1.54) is 0 Å². The highest BCUT2D eigenvalue weighted by molar-refractivity contribution is 7.80. The van der Waals surface area contributed by atoms with Crippen molar-refractivity contribution in [2.75, 3.05) is 16.8 Å².